The third-order valence-corrected chi connectivity index (χ3v) is 3.49. The van der Waals surface area contributed by atoms with Gasteiger partial charge < -0.3 is 5.32 Å². The molecule has 0 aliphatic rings. The number of halogens is 1. The summed E-state index contributed by atoms with van der Waals surface area (Å²) in [7, 11) is 0. The lowest BCUT2D eigenvalue weighted by molar-refractivity contribution is -0.120. The van der Waals surface area contributed by atoms with E-state index in [1.54, 1.807) is 26.0 Å². The van der Waals surface area contributed by atoms with Crippen molar-refractivity contribution in [2.45, 2.75) is 33.2 Å². The van der Waals surface area contributed by atoms with E-state index in [0.29, 0.717) is 12.0 Å². The minimum absolute atomic E-state index is 0.0344. The van der Waals surface area contributed by atoms with Gasteiger partial charge in [0.25, 0.3) is 5.91 Å². The number of carbonyl (C=O) groups excluding carboxylic acids is 2. The second-order valence-electron chi connectivity index (χ2n) is 3.98. The van der Waals surface area contributed by atoms with Crippen molar-refractivity contribution < 1.29 is 9.59 Å². The number of hydrogen-bond donors (Lipinski definition) is 1. The van der Waals surface area contributed by atoms with E-state index in [-0.39, 0.29) is 11.7 Å². The number of hydrogen-bond acceptors (Lipinski definition) is 2. The predicted molar refractivity (Wildman–Crippen MR) is 71.1 cm³/mol. The molecule has 1 N–H and O–H groups in total. The van der Waals surface area contributed by atoms with Gasteiger partial charge in [-0.05, 0) is 37.6 Å². The Morgan fingerprint density at radius 1 is 1.41 bits per heavy atom. The highest BCUT2D eigenvalue weighted by molar-refractivity contribution is 9.10. The number of carbonyl (C=O) groups is 2. The molecule has 0 spiro atoms. The smallest absolute Gasteiger partial charge is 0.251 e. The third kappa shape index (κ3) is 3.66. The van der Waals surface area contributed by atoms with Crippen LogP contribution in [-0.4, -0.2) is 17.7 Å². The van der Waals surface area contributed by atoms with Gasteiger partial charge in [-0.15, -0.1) is 0 Å². The van der Waals surface area contributed by atoms with Crippen LogP contribution in [0.15, 0.2) is 22.7 Å². The van der Waals surface area contributed by atoms with Crippen LogP contribution in [0, 0.1) is 6.92 Å². The summed E-state index contributed by atoms with van der Waals surface area (Å²) in [4.78, 5) is 23.2. The summed E-state index contributed by atoms with van der Waals surface area (Å²) in [5.74, 6) is -0.179. The molecule has 0 saturated heterocycles. The highest BCUT2D eigenvalue weighted by Gasteiger charge is 2.15. The lowest BCUT2D eigenvalue weighted by Gasteiger charge is -2.12. The predicted octanol–water partition coefficient (Wildman–Crippen LogP) is 2.85. The molecular weight excluding hydrogens is 282 g/mol. The minimum Gasteiger partial charge on any atom is -0.343 e. The second kappa shape index (κ2) is 5.96. The molecule has 1 rings (SSSR count). The Kier molecular flexibility index (Phi) is 4.87. The molecule has 0 heterocycles. The zero-order chi connectivity index (χ0) is 13.0. The number of Topliss-reactive ketones (excluding diaryl/α,β-unsaturated/α-hetero) is 1. The van der Waals surface area contributed by atoms with Gasteiger partial charge >= 0.3 is 0 Å². The largest absolute Gasteiger partial charge is 0.343 e. The molecule has 3 nitrogen and oxygen atoms in total. The van der Waals surface area contributed by atoms with Gasteiger partial charge in [0.2, 0.25) is 0 Å². The molecule has 4 heteroatoms. The maximum absolute atomic E-state index is 11.9. The average molecular weight is 298 g/mol. The van der Waals surface area contributed by atoms with E-state index in [9.17, 15) is 9.59 Å². The van der Waals surface area contributed by atoms with E-state index in [1.165, 1.54) is 0 Å². The fourth-order valence-electron chi connectivity index (χ4n) is 1.45. The monoisotopic (exact) mass is 297 g/mol. The first-order valence-corrected chi connectivity index (χ1v) is 6.34. The van der Waals surface area contributed by atoms with Gasteiger partial charge in [-0.3, -0.25) is 9.59 Å². The van der Waals surface area contributed by atoms with Crippen molar-refractivity contribution in [2.75, 3.05) is 0 Å². The Morgan fingerprint density at radius 3 is 2.59 bits per heavy atom. The summed E-state index contributed by atoms with van der Waals surface area (Å²) in [5.41, 5.74) is 1.56. The fraction of sp³-hybridized carbons (Fsp3) is 0.385. The first-order chi connectivity index (χ1) is 7.95. The second-order valence-corrected chi connectivity index (χ2v) is 4.83. The van der Waals surface area contributed by atoms with Crippen LogP contribution in [0.5, 0.6) is 0 Å². The first-order valence-electron chi connectivity index (χ1n) is 5.55. The normalized spacial score (nSPS) is 12.0. The Bertz CT molecular complexity index is 443. The molecule has 0 saturated carbocycles. The van der Waals surface area contributed by atoms with Crippen LogP contribution in [0.2, 0.25) is 0 Å². The van der Waals surface area contributed by atoms with Crippen LogP contribution >= 0.6 is 15.9 Å². The number of aryl methyl sites for hydroxylation is 1. The van der Waals surface area contributed by atoms with Crippen molar-refractivity contribution in [1.29, 1.82) is 0 Å². The van der Waals surface area contributed by atoms with Crippen molar-refractivity contribution in [3.05, 3.63) is 33.8 Å². The van der Waals surface area contributed by atoms with Crippen molar-refractivity contribution in [3.63, 3.8) is 0 Å². The van der Waals surface area contributed by atoms with Crippen molar-refractivity contribution >= 4 is 27.6 Å². The van der Waals surface area contributed by atoms with Crippen LogP contribution in [0.3, 0.4) is 0 Å². The summed E-state index contributed by atoms with van der Waals surface area (Å²) in [6.45, 7) is 5.41. The van der Waals surface area contributed by atoms with Crippen LogP contribution in [0.1, 0.15) is 36.2 Å². The summed E-state index contributed by atoms with van der Waals surface area (Å²) in [6, 6.07) is 4.92. The van der Waals surface area contributed by atoms with E-state index >= 15 is 0 Å². The SMILES string of the molecule is CCC(=O)C(C)NC(=O)c1ccc(Br)c(C)c1. The molecule has 0 bridgehead atoms. The summed E-state index contributed by atoms with van der Waals surface area (Å²) in [6.07, 6.45) is 0.431. The van der Waals surface area contributed by atoms with Gasteiger partial charge in [-0.25, -0.2) is 0 Å². The first kappa shape index (κ1) is 13.9. The molecule has 0 aliphatic carbocycles. The zero-order valence-electron chi connectivity index (χ0n) is 10.2. The molecule has 1 aromatic rings. The molecule has 0 fully saturated rings. The Morgan fingerprint density at radius 2 is 2.06 bits per heavy atom. The summed E-state index contributed by atoms with van der Waals surface area (Å²) >= 11 is 3.38. The number of benzene rings is 1. The van der Waals surface area contributed by atoms with Gasteiger partial charge in [0, 0.05) is 16.5 Å². The summed E-state index contributed by atoms with van der Waals surface area (Å²) in [5, 5.41) is 2.69. The van der Waals surface area contributed by atoms with Crippen molar-refractivity contribution in [1.82, 2.24) is 5.32 Å². The van der Waals surface area contributed by atoms with Gasteiger partial charge in [0.05, 0.1) is 6.04 Å². The zero-order valence-corrected chi connectivity index (χ0v) is 11.8. The van der Waals surface area contributed by atoms with Crippen LogP contribution in [-0.2, 0) is 4.79 Å². The molecule has 1 amide bonds. The molecule has 17 heavy (non-hydrogen) atoms. The molecule has 0 radical (unpaired) electrons. The van der Waals surface area contributed by atoms with Gasteiger partial charge in [0.15, 0.2) is 5.78 Å². The standard InChI is InChI=1S/C13H16BrNO2/c1-4-12(16)9(3)15-13(17)10-5-6-11(14)8(2)7-10/h5-7,9H,4H2,1-3H3,(H,15,17). The van der Waals surface area contributed by atoms with E-state index in [1.807, 2.05) is 13.0 Å². The number of amides is 1. The maximum atomic E-state index is 11.9. The molecule has 0 aromatic heterocycles. The van der Waals surface area contributed by atoms with Crippen molar-refractivity contribution in [2.24, 2.45) is 0 Å². The van der Waals surface area contributed by atoms with Gasteiger partial charge in [-0.1, -0.05) is 22.9 Å². The average Bonchev–Trinajstić information content (AvgIpc) is 2.31. The quantitative estimate of drug-likeness (QED) is 0.929. The lowest BCUT2D eigenvalue weighted by Crippen LogP contribution is -2.38. The van der Waals surface area contributed by atoms with E-state index in [4.69, 9.17) is 0 Å². The van der Waals surface area contributed by atoms with Crippen molar-refractivity contribution in [3.8, 4) is 0 Å². The van der Waals surface area contributed by atoms with Crippen LogP contribution < -0.4 is 5.32 Å². The lowest BCUT2D eigenvalue weighted by atomic mass is 10.1. The molecule has 1 unspecified atom stereocenters. The maximum Gasteiger partial charge on any atom is 0.251 e. The fourth-order valence-corrected chi connectivity index (χ4v) is 1.70. The van der Waals surface area contributed by atoms with E-state index in [2.05, 4.69) is 21.2 Å². The number of ketones is 1. The van der Waals surface area contributed by atoms with E-state index < -0.39 is 6.04 Å². The molecule has 1 aromatic carbocycles. The highest BCUT2D eigenvalue weighted by Crippen LogP contribution is 2.17. The van der Waals surface area contributed by atoms with Gasteiger partial charge in [-0.2, -0.15) is 0 Å². The van der Waals surface area contributed by atoms with Crippen LogP contribution in [0.4, 0.5) is 0 Å². The highest BCUT2D eigenvalue weighted by atomic mass is 79.9. The number of rotatable bonds is 4. The Labute approximate surface area is 110 Å². The topological polar surface area (TPSA) is 46.2 Å². The van der Waals surface area contributed by atoms with Crippen LogP contribution in [0.25, 0.3) is 0 Å². The Hall–Kier alpha value is -1.16. The van der Waals surface area contributed by atoms with Gasteiger partial charge in [0.1, 0.15) is 0 Å². The third-order valence-electron chi connectivity index (χ3n) is 2.60. The molecule has 92 valence electrons. The molecule has 0 aliphatic heterocycles. The minimum atomic E-state index is -0.434. The van der Waals surface area contributed by atoms with E-state index in [0.717, 1.165) is 10.0 Å². The molecular formula is C13H16BrNO2. The Balaban J connectivity index is 2.76. The molecule has 1 atom stereocenters. The number of nitrogens with one attached hydrogen (secondary N) is 1. The summed E-state index contributed by atoms with van der Waals surface area (Å²) < 4.78 is 0.965.